The van der Waals surface area contributed by atoms with Crippen molar-refractivity contribution in [3.63, 3.8) is 0 Å². The van der Waals surface area contributed by atoms with Crippen LogP contribution in [0.1, 0.15) is 26.2 Å². The molecule has 13 heavy (non-hydrogen) atoms. The maximum Gasteiger partial charge on any atom is 0.314 e. The van der Waals surface area contributed by atoms with Gasteiger partial charge >= 0.3 is 17.9 Å². The predicted octanol–water partition coefficient (Wildman–Crippen LogP) is 0.331. The molecule has 0 aromatic heterocycles. The third-order valence-electron chi connectivity index (χ3n) is 1.95. The molecule has 5 nitrogen and oxygen atoms in total. The van der Waals surface area contributed by atoms with E-state index in [0.717, 1.165) is 0 Å². The number of carbonyl (C=O) groups excluding carboxylic acids is 2. The minimum Gasteiger partial charge on any atom is -0.481 e. The van der Waals surface area contributed by atoms with E-state index in [1.54, 1.807) is 6.92 Å². The molecule has 1 fully saturated rings. The number of hydrogen-bond donors (Lipinski definition) is 1. The van der Waals surface area contributed by atoms with Crippen molar-refractivity contribution in [3.05, 3.63) is 0 Å². The quantitative estimate of drug-likeness (QED) is 0.496. The largest absolute Gasteiger partial charge is 0.481 e. The molecule has 1 heterocycles. The Kier molecular flexibility index (Phi) is 2.36. The molecule has 1 saturated heterocycles. The minimum atomic E-state index is -1.01. The lowest BCUT2D eigenvalue weighted by atomic mass is 9.79. The van der Waals surface area contributed by atoms with E-state index in [1.165, 1.54) is 0 Å². The molecule has 1 aliphatic heterocycles. The average Bonchev–Trinajstić information content (AvgIpc) is 1.77. The second-order valence-corrected chi connectivity index (χ2v) is 3.58. The number of carbonyl (C=O) groups is 3. The van der Waals surface area contributed by atoms with Gasteiger partial charge in [0.1, 0.15) is 0 Å². The number of rotatable bonds is 2. The molecular weight excluding hydrogens is 176 g/mol. The van der Waals surface area contributed by atoms with Crippen molar-refractivity contribution in [2.24, 2.45) is 5.41 Å². The highest BCUT2D eigenvalue weighted by atomic mass is 16.6. The zero-order valence-electron chi connectivity index (χ0n) is 7.20. The normalized spacial score (nSPS) is 21.0. The molecule has 1 rings (SSSR count). The zero-order valence-corrected chi connectivity index (χ0v) is 7.20. The highest BCUT2D eigenvalue weighted by molar-refractivity contribution is 5.90. The van der Waals surface area contributed by atoms with Crippen LogP contribution >= 0.6 is 0 Å². The Morgan fingerprint density at radius 3 is 2.31 bits per heavy atom. The highest BCUT2D eigenvalue weighted by Gasteiger charge is 2.38. The molecule has 1 N–H and O–H groups in total. The number of carboxylic acids is 1. The zero-order chi connectivity index (χ0) is 10.1. The van der Waals surface area contributed by atoms with Crippen LogP contribution in [0, 0.1) is 5.41 Å². The summed E-state index contributed by atoms with van der Waals surface area (Å²) in [5, 5.41) is 8.54. The molecule has 0 bridgehead atoms. The molecule has 0 amide bonds. The summed E-state index contributed by atoms with van der Waals surface area (Å²) in [4.78, 5) is 32.1. The first kappa shape index (κ1) is 9.70. The first-order valence-corrected chi connectivity index (χ1v) is 3.87. The number of carboxylic acid groups (broad SMARTS) is 1. The van der Waals surface area contributed by atoms with Crippen LogP contribution in [0.15, 0.2) is 0 Å². The van der Waals surface area contributed by atoms with E-state index in [9.17, 15) is 14.4 Å². The van der Waals surface area contributed by atoms with Crippen molar-refractivity contribution in [2.45, 2.75) is 26.2 Å². The van der Waals surface area contributed by atoms with Crippen LogP contribution < -0.4 is 0 Å². The number of aliphatic carboxylic acids is 1. The Balaban J connectivity index is 2.71. The highest BCUT2D eigenvalue weighted by Crippen LogP contribution is 2.34. The summed E-state index contributed by atoms with van der Waals surface area (Å²) in [5.41, 5.74) is -0.780. The Hall–Kier alpha value is -1.39. The molecule has 0 radical (unpaired) electrons. The fourth-order valence-electron chi connectivity index (χ4n) is 1.45. The number of cyclic esters (lactones) is 2. The van der Waals surface area contributed by atoms with Crippen molar-refractivity contribution >= 4 is 17.9 Å². The lowest BCUT2D eigenvalue weighted by molar-refractivity contribution is -0.169. The topological polar surface area (TPSA) is 80.7 Å². The van der Waals surface area contributed by atoms with E-state index in [2.05, 4.69) is 4.74 Å². The van der Waals surface area contributed by atoms with Gasteiger partial charge in [0.2, 0.25) is 0 Å². The van der Waals surface area contributed by atoms with Crippen LogP contribution in [-0.4, -0.2) is 23.0 Å². The van der Waals surface area contributed by atoms with Gasteiger partial charge in [0, 0.05) is 0 Å². The SMILES string of the molecule is CC1(CC(=O)O)CC(=O)OC(=O)C1. The summed E-state index contributed by atoms with van der Waals surface area (Å²) in [7, 11) is 0. The Morgan fingerprint density at radius 2 is 1.92 bits per heavy atom. The van der Waals surface area contributed by atoms with Crippen LogP contribution in [0.5, 0.6) is 0 Å². The summed E-state index contributed by atoms with van der Waals surface area (Å²) in [6, 6.07) is 0. The molecule has 0 aromatic carbocycles. The predicted molar refractivity (Wildman–Crippen MR) is 40.7 cm³/mol. The molecule has 5 heteroatoms. The molecule has 0 saturated carbocycles. The van der Waals surface area contributed by atoms with Crippen LogP contribution in [0.3, 0.4) is 0 Å². The Morgan fingerprint density at radius 1 is 1.46 bits per heavy atom. The first-order chi connectivity index (χ1) is 5.91. The molecule has 1 aliphatic rings. The average molecular weight is 186 g/mol. The molecule has 0 atom stereocenters. The lowest BCUT2D eigenvalue weighted by Gasteiger charge is -2.28. The van der Waals surface area contributed by atoms with E-state index in [1.807, 2.05) is 0 Å². The van der Waals surface area contributed by atoms with Crippen molar-refractivity contribution in [2.75, 3.05) is 0 Å². The van der Waals surface area contributed by atoms with Crippen LogP contribution in [0.4, 0.5) is 0 Å². The fourth-order valence-corrected chi connectivity index (χ4v) is 1.45. The Labute approximate surface area is 74.7 Å². The summed E-state index contributed by atoms with van der Waals surface area (Å²) in [6.07, 6.45) is -0.204. The second-order valence-electron chi connectivity index (χ2n) is 3.58. The van der Waals surface area contributed by atoms with E-state index < -0.39 is 23.3 Å². The molecule has 0 aromatic rings. The number of esters is 2. The van der Waals surface area contributed by atoms with Crippen molar-refractivity contribution in [1.29, 1.82) is 0 Å². The lowest BCUT2D eigenvalue weighted by Crippen LogP contribution is -2.35. The van der Waals surface area contributed by atoms with Crippen LogP contribution in [-0.2, 0) is 19.1 Å². The molecule has 72 valence electrons. The van der Waals surface area contributed by atoms with Gasteiger partial charge in [0.25, 0.3) is 0 Å². The van der Waals surface area contributed by atoms with Crippen molar-refractivity contribution in [3.8, 4) is 0 Å². The van der Waals surface area contributed by atoms with E-state index in [4.69, 9.17) is 5.11 Å². The van der Waals surface area contributed by atoms with Gasteiger partial charge in [-0.2, -0.15) is 0 Å². The van der Waals surface area contributed by atoms with Crippen LogP contribution in [0.25, 0.3) is 0 Å². The summed E-state index contributed by atoms with van der Waals surface area (Å²) >= 11 is 0. The third-order valence-corrected chi connectivity index (χ3v) is 1.95. The monoisotopic (exact) mass is 186 g/mol. The van der Waals surface area contributed by atoms with Gasteiger partial charge in [-0.15, -0.1) is 0 Å². The first-order valence-electron chi connectivity index (χ1n) is 3.87. The second kappa shape index (κ2) is 3.16. The maximum atomic E-state index is 10.8. The summed E-state index contributed by atoms with van der Waals surface area (Å²) in [6.45, 7) is 1.60. The molecular formula is C8H10O5. The third kappa shape index (κ3) is 2.54. The van der Waals surface area contributed by atoms with E-state index in [-0.39, 0.29) is 19.3 Å². The van der Waals surface area contributed by atoms with Gasteiger partial charge in [-0.05, 0) is 5.41 Å². The summed E-state index contributed by atoms with van der Waals surface area (Å²) in [5.74, 6) is -2.29. The molecule has 0 spiro atoms. The number of ether oxygens (including phenoxy) is 1. The molecule has 0 unspecified atom stereocenters. The maximum absolute atomic E-state index is 10.8. The fraction of sp³-hybridized carbons (Fsp3) is 0.625. The van der Waals surface area contributed by atoms with Crippen molar-refractivity contribution in [1.82, 2.24) is 0 Å². The van der Waals surface area contributed by atoms with Gasteiger partial charge in [-0.3, -0.25) is 14.4 Å². The number of hydrogen-bond acceptors (Lipinski definition) is 4. The van der Waals surface area contributed by atoms with E-state index in [0.29, 0.717) is 0 Å². The smallest absolute Gasteiger partial charge is 0.314 e. The van der Waals surface area contributed by atoms with Crippen molar-refractivity contribution < 1.29 is 24.2 Å². The van der Waals surface area contributed by atoms with Gasteiger partial charge in [-0.1, -0.05) is 6.92 Å². The minimum absolute atomic E-state index is 0.00889. The van der Waals surface area contributed by atoms with Gasteiger partial charge in [0.05, 0.1) is 19.3 Å². The van der Waals surface area contributed by atoms with E-state index >= 15 is 0 Å². The van der Waals surface area contributed by atoms with Gasteiger partial charge in [0.15, 0.2) is 0 Å². The molecule has 0 aliphatic carbocycles. The van der Waals surface area contributed by atoms with Gasteiger partial charge in [-0.25, -0.2) is 0 Å². The summed E-state index contributed by atoms with van der Waals surface area (Å²) < 4.78 is 4.29. The van der Waals surface area contributed by atoms with Gasteiger partial charge < -0.3 is 9.84 Å². The van der Waals surface area contributed by atoms with Crippen LogP contribution in [0.2, 0.25) is 0 Å². The Bertz CT molecular complexity index is 246. The standard InChI is InChI=1S/C8H10O5/c1-8(2-5(9)10)3-6(11)13-7(12)4-8/h2-4H2,1H3,(H,9,10).